The largest absolute Gasteiger partial charge is 0.332 e. The first-order valence-electron chi connectivity index (χ1n) is 7.38. The molecule has 2 aromatic rings. The zero-order chi connectivity index (χ0) is 15.9. The van der Waals surface area contributed by atoms with Crippen molar-refractivity contribution in [3.05, 3.63) is 59.9 Å². The number of rotatable bonds is 5. The first kappa shape index (κ1) is 16.0. The van der Waals surface area contributed by atoms with E-state index in [1.165, 1.54) is 4.90 Å². The molecule has 0 spiro atoms. The molecule has 2 rings (SSSR count). The van der Waals surface area contributed by atoms with Gasteiger partial charge in [0.15, 0.2) is 0 Å². The van der Waals surface area contributed by atoms with Crippen LogP contribution in [-0.4, -0.2) is 31.7 Å². The zero-order valence-electron chi connectivity index (χ0n) is 13.3. The molecule has 3 N–H and O–H groups in total. The van der Waals surface area contributed by atoms with Gasteiger partial charge in [0.2, 0.25) is 0 Å². The van der Waals surface area contributed by atoms with Crippen LogP contribution in [0.5, 0.6) is 0 Å². The van der Waals surface area contributed by atoms with Gasteiger partial charge in [-0.05, 0) is 36.8 Å². The fourth-order valence-corrected chi connectivity index (χ4v) is 2.33. The van der Waals surface area contributed by atoms with Gasteiger partial charge in [0.1, 0.15) is 6.04 Å². The number of likely N-dealkylation sites (N-methyl/N-ethyl adjacent to an activating group) is 1. The number of aromatic nitrogens is 1. The van der Waals surface area contributed by atoms with Crippen LogP contribution in [0.15, 0.2) is 48.8 Å². The van der Waals surface area contributed by atoms with E-state index in [0.717, 1.165) is 16.8 Å². The highest BCUT2D eigenvalue weighted by atomic mass is 16.2. The Morgan fingerprint density at radius 3 is 2.73 bits per heavy atom. The van der Waals surface area contributed by atoms with Crippen LogP contribution in [0.1, 0.15) is 17.2 Å². The van der Waals surface area contributed by atoms with Gasteiger partial charge in [0, 0.05) is 23.6 Å². The van der Waals surface area contributed by atoms with E-state index in [4.69, 9.17) is 0 Å². The molecule has 0 aliphatic carbocycles. The van der Waals surface area contributed by atoms with E-state index in [0.29, 0.717) is 6.54 Å². The lowest BCUT2D eigenvalue weighted by atomic mass is 10.1. The molecule has 1 aromatic heterocycles. The lowest BCUT2D eigenvalue weighted by molar-refractivity contribution is -0.890. The van der Waals surface area contributed by atoms with Crippen molar-refractivity contribution in [2.75, 3.05) is 26.0 Å². The van der Waals surface area contributed by atoms with Crippen LogP contribution in [0.3, 0.4) is 0 Å². The van der Waals surface area contributed by atoms with Crippen molar-refractivity contribution in [3.8, 4) is 0 Å². The number of hydrogen-bond donors (Lipinski definition) is 3. The summed E-state index contributed by atoms with van der Waals surface area (Å²) in [5.41, 5.74) is 3.02. The van der Waals surface area contributed by atoms with Crippen molar-refractivity contribution in [2.45, 2.75) is 13.0 Å². The summed E-state index contributed by atoms with van der Waals surface area (Å²) in [6, 6.07) is 11.7. The maximum absolute atomic E-state index is 12.0. The SMILES string of the molecule is Cc1cccc(NC(=O)NCC(c2cccnc2)[NH+](C)C)c1. The van der Waals surface area contributed by atoms with Crippen LogP contribution >= 0.6 is 0 Å². The van der Waals surface area contributed by atoms with E-state index in [1.807, 2.05) is 49.5 Å². The first-order chi connectivity index (χ1) is 10.6. The molecule has 22 heavy (non-hydrogen) atoms. The molecule has 0 saturated carbocycles. The predicted octanol–water partition coefficient (Wildman–Crippen LogP) is 1.40. The molecule has 0 radical (unpaired) electrons. The van der Waals surface area contributed by atoms with Crippen LogP contribution in [-0.2, 0) is 0 Å². The average molecular weight is 299 g/mol. The summed E-state index contributed by atoms with van der Waals surface area (Å²) in [4.78, 5) is 17.4. The van der Waals surface area contributed by atoms with Crippen molar-refractivity contribution >= 4 is 11.7 Å². The molecular weight excluding hydrogens is 276 g/mol. The van der Waals surface area contributed by atoms with Crippen LogP contribution in [0.2, 0.25) is 0 Å². The molecule has 1 atom stereocenters. The molecule has 5 nitrogen and oxygen atoms in total. The quantitative estimate of drug-likeness (QED) is 0.781. The Labute approximate surface area is 131 Å². The highest BCUT2D eigenvalue weighted by Crippen LogP contribution is 2.09. The minimum absolute atomic E-state index is 0.164. The number of pyridine rings is 1. The number of nitrogens with one attached hydrogen (secondary N) is 3. The number of aryl methyl sites for hydroxylation is 1. The standard InChI is InChI=1S/C17H22N4O/c1-13-6-4-8-15(10-13)20-17(22)19-12-16(21(2)3)14-7-5-9-18-11-14/h4-11,16H,12H2,1-3H3,(H2,19,20,22)/p+1. The molecule has 0 saturated heterocycles. The number of urea groups is 1. The summed E-state index contributed by atoms with van der Waals surface area (Å²) < 4.78 is 0. The van der Waals surface area contributed by atoms with Crippen molar-refractivity contribution in [1.82, 2.24) is 10.3 Å². The Bertz CT molecular complexity index is 613. The van der Waals surface area contributed by atoms with Crippen LogP contribution < -0.4 is 15.5 Å². The summed E-state index contributed by atoms with van der Waals surface area (Å²) in [5, 5.41) is 5.79. The monoisotopic (exact) mass is 299 g/mol. The predicted molar refractivity (Wildman–Crippen MR) is 88.0 cm³/mol. The van der Waals surface area contributed by atoms with Crippen molar-refractivity contribution in [2.24, 2.45) is 0 Å². The first-order valence-corrected chi connectivity index (χ1v) is 7.38. The van der Waals surface area contributed by atoms with Gasteiger partial charge in [-0.3, -0.25) is 4.98 Å². The van der Waals surface area contributed by atoms with Crippen molar-refractivity contribution < 1.29 is 9.69 Å². The molecule has 1 unspecified atom stereocenters. The molecule has 116 valence electrons. The second-order valence-electron chi connectivity index (χ2n) is 5.62. The van der Waals surface area contributed by atoms with E-state index in [1.54, 1.807) is 6.20 Å². The maximum Gasteiger partial charge on any atom is 0.319 e. The van der Waals surface area contributed by atoms with Crippen molar-refractivity contribution in [1.29, 1.82) is 0 Å². The number of benzene rings is 1. The minimum Gasteiger partial charge on any atom is -0.332 e. The van der Waals surface area contributed by atoms with E-state index in [-0.39, 0.29) is 12.1 Å². The fourth-order valence-electron chi connectivity index (χ4n) is 2.33. The molecule has 1 heterocycles. The number of carbonyl (C=O) groups is 1. The minimum atomic E-state index is -0.194. The van der Waals surface area contributed by atoms with Crippen LogP contribution in [0, 0.1) is 6.92 Å². The molecule has 0 bridgehead atoms. The molecule has 5 heteroatoms. The van der Waals surface area contributed by atoms with Crippen LogP contribution in [0.25, 0.3) is 0 Å². The van der Waals surface area contributed by atoms with Gasteiger partial charge in [-0.15, -0.1) is 0 Å². The van der Waals surface area contributed by atoms with Gasteiger partial charge >= 0.3 is 6.03 Å². The Morgan fingerprint density at radius 1 is 1.27 bits per heavy atom. The van der Waals surface area contributed by atoms with Gasteiger partial charge in [0.25, 0.3) is 0 Å². The second kappa shape index (κ2) is 7.56. The molecule has 1 aromatic carbocycles. The topological polar surface area (TPSA) is 58.5 Å². The number of quaternary nitrogens is 1. The molecule has 0 aliphatic rings. The Morgan fingerprint density at radius 2 is 2.09 bits per heavy atom. The number of amides is 2. The lowest BCUT2D eigenvalue weighted by Crippen LogP contribution is -3.07. The number of anilines is 1. The summed E-state index contributed by atoms with van der Waals surface area (Å²) in [6.45, 7) is 2.54. The normalized spacial score (nSPS) is 12.0. The summed E-state index contributed by atoms with van der Waals surface area (Å²) in [6.07, 6.45) is 3.60. The third-order valence-corrected chi connectivity index (χ3v) is 3.53. The maximum atomic E-state index is 12.0. The lowest BCUT2D eigenvalue weighted by Gasteiger charge is -2.22. The smallest absolute Gasteiger partial charge is 0.319 e. The average Bonchev–Trinajstić information content (AvgIpc) is 2.48. The molecule has 2 amide bonds. The highest BCUT2D eigenvalue weighted by molar-refractivity contribution is 5.89. The van der Waals surface area contributed by atoms with Crippen molar-refractivity contribution in [3.63, 3.8) is 0 Å². The highest BCUT2D eigenvalue weighted by Gasteiger charge is 2.18. The van der Waals surface area contributed by atoms with Gasteiger partial charge in [-0.2, -0.15) is 0 Å². The Balaban J connectivity index is 1.94. The summed E-state index contributed by atoms with van der Waals surface area (Å²) in [7, 11) is 4.13. The summed E-state index contributed by atoms with van der Waals surface area (Å²) in [5.74, 6) is 0. The van der Waals surface area contributed by atoms with Crippen LogP contribution in [0.4, 0.5) is 10.5 Å². The number of nitrogens with zero attached hydrogens (tertiary/aromatic N) is 1. The molecular formula is C17H23N4O+. The zero-order valence-corrected chi connectivity index (χ0v) is 13.3. The van der Waals surface area contributed by atoms with E-state index >= 15 is 0 Å². The van der Waals surface area contributed by atoms with Gasteiger partial charge in [0.05, 0.1) is 20.6 Å². The Kier molecular flexibility index (Phi) is 5.49. The molecule has 0 aliphatic heterocycles. The Hall–Kier alpha value is -2.40. The fraction of sp³-hybridized carbons (Fsp3) is 0.294. The van der Waals surface area contributed by atoms with E-state index in [2.05, 4.69) is 29.7 Å². The summed E-state index contributed by atoms with van der Waals surface area (Å²) >= 11 is 0. The number of carbonyl (C=O) groups excluding carboxylic acids is 1. The van der Waals surface area contributed by atoms with Gasteiger partial charge in [-0.1, -0.05) is 12.1 Å². The van der Waals surface area contributed by atoms with Gasteiger partial charge < -0.3 is 15.5 Å². The third kappa shape index (κ3) is 4.56. The van der Waals surface area contributed by atoms with E-state index < -0.39 is 0 Å². The molecule has 0 fully saturated rings. The third-order valence-electron chi connectivity index (χ3n) is 3.53. The second-order valence-corrected chi connectivity index (χ2v) is 5.62. The van der Waals surface area contributed by atoms with E-state index in [9.17, 15) is 4.79 Å². The van der Waals surface area contributed by atoms with Gasteiger partial charge in [-0.25, -0.2) is 4.79 Å². The number of hydrogen-bond acceptors (Lipinski definition) is 2.